The molecule has 0 aliphatic carbocycles. The molecule has 1 aromatic rings. The third-order valence-corrected chi connectivity index (χ3v) is 4.24. The lowest BCUT2D eigenvalue weighted by atomic mass is 10.1. The van der Waals surface area contributed by atoms with Gasteiger partial charge in [-0.05, 0) is 39.2 Å². The zero-order chi connectivity index (χ0) is 13.0. The minimum Gasteiger partial charge on any atom is -0.360 e. The van der Waals surface area contributed by atoms with E-state index in [2.05, 4.69) is 40.3 Å². The molecule has 0 amide bonds. The average Bonchev–Trinajstić information content (AvgIpc) is 2.95. The standard InChI is InChI=1S/C13H24N4S/c1-4-5-12-15-13(18-16-12)14-8-11-6-7-17(9-11)10(2)3/h10-11H,4-9H2,1-3H3,(H,14,15,16). The molecule has 18 heavy (non-hydrogen) atoms. The van der Waals surface area contributed by atoms with Gasteiger partial charge in [0.1, 0.15) is 5.82 Å². The van der Waals surface area contributed by atoms with Gasteiger partial charge in [-0.15, -0.1) is 0 Å². The highest BCUT2D eigenvalue weighted by Crippen LogP contribution is 2.20. The van der Waals surface area contributed by atoms with Crippen LogP contribution in [0, 0.1) is 5.92 Å². The largest absolute Gasteiger partial charge is 0.360 e. The summed E-state index contributed by atoms with van der Waals surface area (Å²) < 4.78 is 4.35. The van der Waals surface area contributed by atoms with Crippen LogP contribution in [0.5, 0.6) is 0 Å². The van der Waals surface area contributed by atoms with E-state index >= 15 is 0 Å². The number of nitrogens with zero attached hydrogens (tertiary/aromatic N) is 3. The molecule has 4 nitrogen and oxygen atoms in total. The van der Waals surface area contributed by atoms with Crippen molar-refractivity contribution in [1.29, 1.82) is 0 Å². The summed E-state index contributed by atoms with van der Waals surface area (Å²) in [6.07, 6.45) is 3.40. The van der Waals surface area contributed by atoms with Gasteiger partial charge in [0.05, 0.1) is 0 Å². The molecule has 1 aromatic heterocycles. The number of aryl methyl sites for hydroxylation is 1. The number of hydrogen-bond acceptors (Lipinski definition) is 5. The summed E-state index contributed by atoms with van der Waals surface area (Å²) in [5.74, 6) is 1.74. The predicted octanol–water partition coefficient (Wildman–Crippen LogP) is 2.63. The van der Waals surface area contributed by atoms with Crippen molar-refractivity contribution in [1.82, 2.24) is 14.3 Å². The van der Waals surface area contributed by atoms with Gasteiger partial charge in [0.25, 0.3) is 0 Å². The molecule has 1 N–H and O–H groups in total. The van der Waals surface area contributed by atoms with Crippen LogP contribution < -0.4 is 5.32 Å². The van der Waals surface area contributed by atoms with Gasteiger partial charge in [0.15, 0.2) is 0 Å². The van der Waals surface area contributed by atoms with Crippen molar-refractivity contribution in [3.8, 4) is 0 Å². The molecule has 1 atom stereocenters. The third-order valence-electron chi connectivity index (χ3n) is 3.53. The Bertz CT molecular complexity index is 364. The van der Waals surface area contributed by atoms with E-state index in [4.69, 9.17) is 0 Å². The van der Waals surface area contributed by atoms with E-state index < -0.39 is 0 Å². The van der Waals surface area contributed by atoms with E-state index in [-0.39, 0.29) is 0 Å². The number of nitrogens with one attached hydrogen (secondary N) is 1. The lowest BCUT2D eigenvalue weighted by Gasteiger charge is -2.20. The Labute approximate surface area is 114 Å². The number of aromatic nitrogens is 2. The molecule has 0 radical (unpaired) electrons. The van der Waals surface area contributed by atoms with Gasteiger partial charge in [0.2, 0.25) is 5.13 Å². The highest BCUT2D eigenvalue weighted by atomic mass is 32.1. The zero-order valence-electron chi connectivity index (χ0n) is 11.6. The van der Waals surface area contributed by atoms with Crippen molar-refractivity contribution in [2.75, 3.05) is 25.0 Å². The molecule has 102 valence electrons. The number of anilines is 1. The molecule has 1 unspecified atom stereocenters. The highest BCUT2D eigenvalue weighted by molar-refractivity contribution is 7.09. The lowest BCUT2D eigenvalue weighted by molar-refractivity contribution is 0.266. The molecule has 0 aromatic carbocycles. The summed E-state index contributed by atoms with van der Waals surface area (Å²) in [4.78, 5) is 7.05. The summed E-state index contributed by atoms with van der Waals surface area (Å²) in [6.45, 7) is 10.2. The second-order valence-electron chi connectivity index (χ2n) is 5.39. The lowest BCUT2D eigenvalue weighted by Crippen LogP contribution is -2.29. The van der Waals surface area contributed by atoms with Gasteiger partial charge in [-0.1, -0.05) is 6.92 Å². The minimum absolute atomic E-state index is 0.674. The van der Waals surface area contributed by atoms with Crippen LogP contribution in [0.15, 0.2) is 0 Å². The van der Waals surface area contributed by atoms with E-state index in [1.807, 2.05) is 0 Å². The first kappa shape index (κ1) is 13.7. The Kier molecular flexibility index (Phi) is 4.95. The predicted molar refractivity (Wildman–Crippen MR) is 77.2 cm³/mol. The molecule has 5 heteroatoms. The van der Waals surface area contributed by atoms with E-state index in [0.717, 1.165) is 36.3 Å². The first-order valence-electron chi connectivity index (χ1n) is 6.99. The maximum Gasteiger partial charge on any atom is 0.202 e. The quantitative estimate of drug-likeness (QED) is 0.861. The Morgan fingerprint density at radius 3 is 3.00 bits per heavy atom. The Morgan fingerprint density at radius 1 is 1.50 bits per heavy atom. The third kappa shape index (κ3) is 3.65. The SMILES string of the molecule is CCCc1nsc(NCC2CCN(C(C)C)C2)n1. The van der Waals surface area contributed by atoms with Crippen LogP contribution in [0.2, 0.25) is 0 Å². The number of likely N-dealkylation sites (tertiary alicyclic amines) is 1. The van der Waals surface area contributed by atoms with Crippen LogP contribution in [0.1, 0.15) is 39.4 Å². The van der Waals surface area contributed by atoms with Crippen molar-refractivity contribution < 1.29 is 0 Å². The summed E-state index contributed by atoms with van der Waals surface area (Å²) in [5, 5.41) is 4.43. The second kappa shape index (κ2) is 6.48. The average molecular weight is 268 g/mol. The van der Waals surface area contributed by atoms with Crippen molar-refractivity contribution in [2.24, 2.45) is 5.92 Å². The summed E-state index contributed by atoms with van der Waals surface area (Å²) in [6, 6.07) is 0.674. The summed E-state index contributed by atoms with van der Waals surface area (Å²) >= 11 is 1.49. The van der Waals surface area contributed by atoms with E-state index in [9.17, 15) is 0 Å². The van der Waals surface area contributed by atoms with Gasteiger partial charge >= 0.3 is 0 Å². The van der Waals surface area contributed by atoms with Crippen LogP contribution in [0.3, 0.4) is 0 Å². The van der Waals surface area contributed by atoms with Gasteiger partial charge in [0, 0.05) is 37.1 Å². The van der Waals surface area contributed by atoms with Crippen LogP contribution >= 0.6 is 11.5 Å². The van der Waals surface area contributed by atoms with Crippen molar-refractivity contribution in [3.63, 3.8) is 0 Å². The summed E-state index contributed by atoms with van der Waals surface area (Å²) in [7, 11) is 0. The van der Waals surface area contributed by atoms with Crippen molar-refractivity contribution in [2.45, 2.75) is 46.1 Å². The molecule has 1 aliphatic rings. The van der Waals surface area contributed by atoms with Crippen LogP contribution in [0.4, 0.5) is 5.13 Å². The van der Waals surface area contributed by atoms with Gasteiger partial charge in [-0.2, -0.15) is 4.37 Å². The first-order chi connectivity index (χ1) is 8.69. The Balaban J connectivity index is 1.74. The molecule has 1 aliphatic heterocycles. The molecule has 0 bridgehead atoms. The van der Waals surface area contributed by atoms with Gasteiger partial charge in [-0.3, -0.25) is 0 Å². The normalized spacial score (nSPS) is 20.8. The second-order valence-corrected chi connectivity index (χ2v) is 6.14. The van der Waals surface area contributed by atoms with E-state index in [0.29, 0.717) is 6.04 Å². The Morgan fingerprint density at radius 2 is 2.33 bits per heavy atom. The smallest absolute Gasteiger partial charge is 0.202 e. The van der Waals surface area contributed by atoms with Crippen molar-refractivity contribution in [3.05, 3.63) is 5.82 Å². The molecule has 0 saturated carbocycles. The molecule has 0 spiro atoms. The number of rotatable bonds is 6. The fourth-order valence-corrected chi connectivity index (χ4v) is 3.00. The van der Waals surface area contributed by atoms with E-state index in [1.165, 1.54) is 31.0 Å². The van der Waals surface area contributed by atoms with Crippen molar-refractivity contribution >= 4 is 16.7 Å². The molecule has 2 heterocycles. The van der Waals surface area contributed by atoms with Crippen LogP contribution in [-0.2, 0) is 6.42 Å². The summed E-state index contributed by atoms with van der Waals surface area (Å²) in [5.41, 5.74) is 0. The fourth-order valence-electron chi connectivity index (χ4n) is 2.38. The molecular formula is C13H24N4S. The van der Waals surface area contributed by atoms with Gasteiger partial charge in [-0.25, -0.2) is 4.98 Å². The van der Waals surface area contributed by atoms with E-state index in [1.54, 1.807) is 0 Å². The molecular weight excluding hydrogens is 244 g/mol. The number of hydrogen-bond donors (Lipinski definition) is 1. The van der Waals surface area contributed by atoms with Gasteiger partial charge < -0.3 is 10.2 Å². The Hall–Kier alpha value is -0.680. The first-order valence-corrected chi connectivity index (χ1v) is 7.77. The maximum atomic E-state index is 4.50. The fraction of sp³-hybridized carbons (Fsp3) is 0.846. The molecule has 1 fully saturated rings. The topological polar surface area (TPSA) is 41.1 Å². The molecule has 2 rings (SSSR count). The monoisotopic (exact) mass is 268 g/mol. The van der Waals surface area contributed by atoms with Crippen LogP contribution in [0.25, 0.3) is 0 Å². The zero-order valence-corrected chi connectivity index (χ0v) is 12.5. The molecule has 1 saturated heterocycles. The maximum absolute atomic E-state index is 4.50. The minimum atomic E-state index is 0.674. The highest BCUT2D eigenvalue weighted by Gasteiger charge is 2.23. The van der Waals surface area contributed by atoms with Crippen LogP contribution in [-0.4, -0.2) is 39.9 Å².